The second-order valence-corrected chi connectivity index (χ2v) is 7.66. The van der Waals surface area contributed by atoms with Crippen molar-refractivity contribution in [2.45, 2.75) is 0 Å². The molecule has 150 valence electrons. The Bertz CT molecular complexity index is 1190. The van der Waals surface area contributed by atoms with Gasteiger partial charge in [0, 0.05) is 49.7 Å². The normalized spacial score (nSPS) is 14.9. The lowest BCUT2D eigenvalue weighted by atomic mass is 9.96. The topological polar surface area (TPSA) is 45.2 Å². The minimum absolute atomic E-state index is 0.245. The van der Waals surface area contributed by atoms with Crippen molar-refractivity contribution in [3.8, 4) is 22.4 Å². The first-order valence-corrected chi connectivity index (χ1v) is 10.1. The van der Waals surface area contributed by atoms with Gasteiger partial charge in [-0.3, -0.25) is 4.98 Å². The number of anilines is 1. The van der Waals surface area contributed by atoms with Crippen molar-refractivity contribution >= 4 is 16.6 Å². The number of piperazine rings is 1. The SMILES string of the molecule is CN1CCN(c2cc(-c3ccncc3)c(-c3cccc4cc(F)ccc34)nn2)CC1. The molecule has 4 aromatic rings. The summed E-state index contributed by atoms with van der Waals surface area (Å²) >= 11 is 0. The van der Waals surface area contributed by atoms with Gasteiger partial charge in [-0.25, -0.2) is 4.39 Å². The monoisotopic (exact) mass is 399 g/mol. The molecule has 5 rings (SSSR count). The van der Waals surface area contributed by atoms with E-state index >= 15 is 0 Å². The lowest BCUT2D eigenvalue weighted by molar-refractivity contribution is 0.312. The maximum absolute atomic E-state index is 13.8. The maximum atomic E-state index is 13.8. The van der Waals surface area contributed by atoms with E-state index in [0.29, 0.717) is 0 Å². The fourth-order valence-electron chi connectivity index (χ4n) is 3.98. The highest BCUT2D eigenvalue weighted by Crippen LogP contribution is 2.36. The average molecular weight is 399 g/mol. The third kappa shape index (κ3) is 3.50. The number of nitrogens with zero attached hydrogens (tertiary/aromatic N) is 5. The second-order valence-electron chi connectivity index (χ2n) is 7.66. The van der Waals surface area contributed by atoms with Crippen molar-refractivity contribution in [3.63, 3.8) is 0 Å². The van der Waals surface area contributed by atoms with Crippen LogP contribution in [0.15, 0.2) is 67.0 Å². The number of hydrogen-bond acceptors (Lipinski definition) is 5. The van der Waals surface area contributed by atoms with E-state index < -0.39 is 0 Å². The van der Waals surface area contributed by atoms with Crippen molar-refractivity contribution in [1.29, 1.82) is 0 Å². The third-order valence-electron chi connectivity index (χ3n) is 5.70. The van der Waals surface area contributed by atoms with Crippen molar-refractivity contribution in [1.82, 2.24) is 20.1 Å². The molecule has 0 spiro atoms. The molecule has 1 aliphatic rings. The zero-order valence-corrected chi connectivity index (χ0v) is 16.8. The number of halogens is 1. The highest BCUT2D eigenvalue weighted by atomic mass is 19.1. The second kappa shape index (κ2) is 7.80. The number of likely N-dealkylation sites (N-methyl/N-ethyl adjacent to an activating group) is 1. The van der Waals surface area contributed by atoms with E-state index in [0.717, 1.165) is 65.2 Å². The van der Waals surface area contributed by atoms with Crippen LogP contribution in [0, 0.1) is 5.82 Å². The first-order chi connectivity index (χ1) is 14.7. The highest BCUT2D eigenvalue weighted by molar-refractivity contribution is 5.99. The molecule has 6 heteroatoms. The molecule has 2 aromatic carbocycles. The fraction of sp³-hybridized carbons (Fsp3) is 0.208. The van der Waals surface area contributed by atoms with E-state index in [9.17, 15) is 4.39 Å². The molecule has 30 heavy (non-hydrogen) atoms. The fourth-order valence-corrected chi connectivity index (χ4v) is 3.98. The summed E-state index contributed by atoms with van der Waals surface area (Å²) in [6.07, 6.45) is 3.57. The zero-order valence-electron chi connectivity index (χ0n) is 16.8. The number of hydrogen-bond donors (Lipinski definition) is 0. The molecule has 5 nitrogen and oxygen atoms in total. The summed E-state index contributed by atoms with van der Waals surface area (Å²) in [5.41, 5.74) is 3.76. The van der Waals surface area contributed by atoms with E-state index in [1.54, 1.807) is 18.5 Å². The number of pyridine rings is 1. The molecule has 1 fully saturated rings. The number of rotatable bonds is 3. The van der Waals surface area contributed by atoms with Gasteiger partial charge in [0.05, 0.1) is 0 Å². The average Bonchev–Trinajstić information content (AvgIpc) is 2.79. The van der Waals surface area contributed by atoms with Crippen molar-refractivity contribution in [2.24, 2.45) is 0 Å². The van der Waals surface area contributed by atoms with Crippen molar-refractivity contribution < 1.29 is 4.39 Å². The summed E-state index contributed by atoms with van der Waals surface area (Å²) in [7, 11) is 2.14. The molecule has 1 saturated heterocycles. The quantitative estimate of drug-likeness (QED) is 0.515. The summed E-state index contributed by atoms with van der Waals surface area (Å²) in [6, 6.07) is 16.8. The Hall–Kier alpha value is -3.38. The van der Waals surface area contributed by atoms with E-state index in [2.05, 4.69) is 38.1 Å². The number of aromatic nitrogens is 3. The zero-order chi connectivity index (χ0) is 20.5. The van der Waals surface area contributed by atoms with Gasteiger partial charge in [-0.2, -0.15) is 0 Å². The van der Waals surface area contributed by atoms with Crippen LogP contribution in [0.5, 0.6) is 0 Å². The van der Waals surface area contributed by atoms with Crippen LogP contribution in [0.3, 0.4) is 0 Å². The summed E-state index contributed by atoms with van der Waals surface area (Å²) in [4.78, 5) is 8.75. The molecule has 0 N–H and O–H groups in total. The predicted octanol–water partition coefficient (Wildman–Crippen LogP) is 4.25. The molecular formula is C24H22FN5. The molecule has 2 aromatic heterocycles. The first kappa shape index (κ1) is 18.6. The van der Waals surface area contributed by atoms with Gasteiger partial charge in [0.1, 0.15) is 11.5 Å². The third-order valence-corrected chi connectivity index (χ3v) is 5.70. The minimum Gasteiger partial charge on any atom is -0.353 e. The summed E-state index contributed by atoms with van der Waals surface area (Å²) in [5, 5.41) is 11.1. The largest absolute Gasteiger partial charge is 0.353 e. The van der Waals surface area contributed by atoms with Crippen molar-refractivity contribution in [3.05, 3.63) is 72.8 Å². The molecule has 1 aliphatic heterocycles. The van der Waals surface area contributed by atoms with Gasteiger partial charge in [-0.05, 0) is 53.7 Å². The Labute approximate surface area is 174 Å². The van der Waals surface area contributed by atoms with Crippen LogP contribution in [0.4, 0.5) is 10.2 Å². The Kier molecular flexibility index (Phi) is 4.85. The van der Waals surface area contributed by atoms with Gasteiger partial charge in [0.25, 0.3) is 0 Å². The Morgan fingerprint density at radius 3 is 2.43 bits per heavy atom. The van der Waals surface area contributed by atoms with Crippen LogP contribution in [0.2, 0.25) is 0 Å². The Balaban J connectivity index is 1.67. The van der Waals surface area contributed by atoms with Crippen molar-refractivity contribution in [2.75, 3.05) is 38.1 Å². The van der Waals surface area contributed by atoms with E-state index in [4.69, 9.17) is 0 Å². The van der Waals surface area contributed by atoms with Gasteiger partial charge in [-0.15, -0.1) is 10.2 Å². The molecule has 0 radical (unpaired) electrons. The molecule has 0 saturated carbocycles. The summed E-state index contributed by atoms with van der Waals surface area (Å²) in [6.45, 7) is 3.85. The van der Waals surface area contributed by atoms with Crippen LogP contribution >= 0.6 is 0 Å². The highest BCUT2D eigenvalue weighted by Gasteiger charge is 2.19. The van der Waals surface area contributed by atoms with Gasteiger partial charge in [0.2, 0.25) is 0 Å². The van der Waals surface area contributed by atoms with Crippen LogP contribution in [0.1, 0.15) is 0 Å². The van der Waals surface area contributed by atoms with Crippen LogP contribution < -0.4 is 4.90 Å². The van der Waals surface area contributed by atoms with E-state index in [-0.39, 0.29) is 5.82 Å². The van der Waals surface area contributed by atoms with Crippen LogP contribution in [0.25, 0.3) is 33.2 Å². The van der Waals surface area contributed by atoms with Gasteiger partial charge in [-0.1, -0.05) is 24.3 Å². The maximum Gasteiger partial charge on any atom is 0.151 e. The first-order valence-electron chi connectivity index (χ1n) is 10.1. The molecule has 0 bridgehead atoms. The smallest absolute Gasteiger partial charge is 0.151 e. The molecular weight excluding hydrogens is 377 g/mol. The van der Waals surface area contributed by atoms with Crippen LogP contribution in [-0.2, 0) is 0 Å². The molecule has 0 unspecified atom stereocenters. The van der Waals surface area contributed by atoms with Gasteiger partial charge in [0.15, 0.2) is 5.82 Å². The standard InChI is InChI=1S/C24H22FN5/c1-29-11-13-30(14-12-29)23-16-22(17-7-9-26-10-8-17)24(28-27-23)21-4-2-3-18-15-19(25)5-6-20(18)21/h2-10,15-16H,11-14H2,1H3. The lowest BCUT2D eigenvalue weighted by Crippen LogP contribution is -2.44. The Morgan fingerprint density at radius 1 is 0.833 bits per heavy atom. The molecule has 0 amide bonds. The van der Waals surface area contributed by atoms with Gasteiger partial charge < -0.3 is 9.80 Å². The summed E-state index contributed by atoms with van der Waals surface area (Å²) in [5.74, 6) is 0.635. The minimum atomic E-state index is -0.245. The summed E-state index contributed by atoms with van der Waals surface area (Å²) < 4.78 is 13.8. The number of benzene rings is 2. The van der Waals surface area contributed by atoms with E-state index in [1.165, 1.54) is 6.07 Å². The molecule has 0 atom stereocenters. The van der Waals surface area contributed by atoms with E-state index in [1.807, 2.05) is 36.4 Å². The van der Waals surface area contributed by atoms with Crippen LogP contribution in [-0.4, -0.2) is 53.3 Å². The Morgan fingerprint density at radius 2 is 1.63 bits per heavy atom. The predicted molar refractivity (Wildman–Crippen MR) is 118 cm³/mol. The number of fused-ring (bicyclic) bond motifs is 1. The lowest BCUT2D eigenvalue weighted by Gasteiger charge is -2.33. The van der Waals surface area contributed by atoms with Gasteiger partial charge >= 0.3 is 0 Å². The molecule has 0 aliphatic carbocycles. The molecule has 3 heterocycles.